The van der Waals surface area contributed by atoms with Gasteiger partial charge >= 0.3 is 0 Å². The zero-order valence-corrected chi connectivity index (χ0v) is 21.8. The Morgan fingerprint density at radius 3 is 2.40 bits per heavy atom. The van der Waals surface area contributed by atoms with Crippen LogP contribution in [0.3, 0.4) is 0 Å². The number of unbranched alkanes of at least 4 members (excludes halogenated alkanes) is 2. The molecule has 0 aromatic carbocycles. The van der Waals surface area contributed by atoms with E-state index in [-0.39, 0.29) is 23.6 Å². The van der Waals surface area contributed by atoms with E-state index in [2.05, 4.69) is 10.6 Å². The van der Waals surface area contributed by atoms with Crippen LogP contribution in [0.5, 0.6) is 0 Å². The minimum Gasteiger partial charge on any atom is -0.396 e. The number of hydrogen-bond donors (Lipinski definition) is 3. The lowest BCUT2D eigenvalue weighted by Gasteiger charge is -2.28. The molecule has 3 N–H and O–H groups in total. The highest BCUT2D eigenvalue weighted by Crippen LogP contribution is 2.27. The van der Waals surface area contributed by atoms with Crippen LogP contribution in [0.25, 0.3) is 0 Å². The van der Waals surface area contributed by atoms with Crippen molar-refractivity contribution in [1.29, 1.82) is 0 Å². The number of rotatable bonds is 10. The number of aliphatic hydroxyl groups is 1. The van der Waals surface area contributed by atoms with Gasteiger partial charge in [0.1, 0.15) is 11.1 Å². The molecule has 1 fully saturated rings. The van der Waals surface area contributed by atoms with Gasteiger partial charge in [-0.25, -0.2) is 0 Å². The van der Waals surface area contributed by atoms with E-state index in [0.717, 1.165) is 62.6 Å². The number of pyridine rings is 1. The smallest absolute Gasteiger partial charge is 0.263 e. The lowest BCUT2D eigenvalue weighted by Crippen LogP contribution is -2.55. The molecule has 7 nitrogen and oxygen atoms in total. The fraction of sp³-hybridized carbons (Fsp3) is 0.750. The van der Waals surface area contributed by atoms with Crippen molar-refractivity contribution in [3.8, 4) is 0 Å². The molecule has 7 heteroatoms. The van der Waals surface area contributed by atoms with Crippen LogP contribution in [-0.2, 0) is 24.2 Å². The number of amides is 2. The Labute approximate surface area is 210 Å². The van der Waals surface area contributed by atoms with Crippen molar-refractivity contribution in [3.05, 3.63) is 33.2 Å². The van der Waals surface area contributed by atoms with Gasteiger partial charge in [-0.1, -0.05) is 32.1 Å². The first kappa shape index (κ1) is 27.4. The van der Waals surface area contributed by atoms with Crippen LogP contribution < -0.4 is 16.2 Å². The van der Waals surface area contributed by atoms with Crippen molar-refractivity contribution >= 4 is 11.8 Å². The predicted molar refractivity (Wildman–Crippen MR) is 139 cm³/mol. The first-order chi connectivity index (χ1) is 16.8. The monoisotopic (exact) mass is 487 g/mol. The van der Waals surface area contributed by atoms with Gasteiger partial charge in [0, 0.05) is 25.4 Å². The highest BCUT2D eigenvalue weighted by atomic mass is 16.3. The Bertz CT molecular complexity index is 916. The summed E-state index contributed by atoms with van der Waals surface area (Å²) in [7, 11) is 0. The SMILES string of the molecule is CC(C)(NC(=O)c1cc2c(n(CC3CCCCC3)c1=O)CCCCCC2)C(=O)NCCCCCO. The number of aromatic nitrogens is 1. The van der Waals surface area contributed by atoms with Gasteiger partial charge in [-0.05, 0) is 89.2 Å². The van der Waals surface area contributed by atoms with Crippen molar-refractivity contribution in [3.63, 3.8) is 0 Å². The minimum atomic E-state index is -1.14. The van der Waals surface area contributed by atoms with Crippen LogP contribution >= 0.6 is 0 Å². The minimum absolute atomic E-state index is 0.147. The summed E-state index contributed by atoms with van der Waals surface area (Å²) in [5.74, 6) is -0.260. The first-order valence-electron chi connectivity index (χ1n) is 13.8. The van der Waals surface area contributed by atoms with Crippen LogP contribution in [0.4, 0.5) is 0 Å². The van der Waals surface area contributed by atoms with Crippen molar-refractivity contribution < 1.29 is 14.7 Å². The Balaban J connectivity index is 1.81. The standard InChI is InChI=1S/C28H45N3O4/c1-28(2,27(35)29-17-11-6-12-18-32)30-25(33)23-19-22-15-9-3-4-10-16-24(22)31(26(23)34)20-21-13-7-5-8-14-21/h19,21,32H,3-18,20H2,1-2H3,(H,29,35)(H,30,33). The van der Waals surface area contributed by atoms with Gasteiger partial charge in [0.05, 0.1) is 0 Å². The second kappa shape index (κ2) is 13.2. The third kappa shape index (κ3) is 7.66. The summed E-state index contributed by atoms with van der Waals surface area (Å²) in [6, 6.07) is 1.80. The lowest BCUT2D eigenvalue weighted by atomic mass is 9.88. The molecule has 1 aromatic rings. The van der Waals surface area contributed by atoms with E-state index in [0.29, 0.717) is 25.4 Å². The molecule has 35 heavy (non-hydrogen) atoms. The van der Waals surface area contributed by atoms with Crippen LogP contribution in [0.15, 0.2) is 10.9 Å². The second-order valence-corrected chi connectivity index (χ2v) is 11.0. The van der Waals surface area contributed by atoms with Crippen molar-refractivity contribution in [1.82, 2.24) is 15.2 Å². The maximum atomic E-state index is 13.7. The number of carbonyl (C=O) groups excluding carboxylic acids is 2. The predicted octanol–water partition coefficient (Wildman–Crippen LogP) is 3.87. The summed E-state index contributed by atoms with van der Waals surface area (Å²) >= 11 is 0. The molecule has 1 saturated carbocycles. The largest absolute Gasteiger partial charge is 0.396 e. The van der Waals surface area contributed by atoms with E-state index in [1.54, 1.807) is 19.9 Å². The topological polar surface area (TPSA) is 100 Å². The lowest BCUT2D eigenvalue weighted by molar-refractivity contribution is -0.126. The molecule has 1 heterocycles. The molecule has 2 aliphatic rings. The number of hydrogen-bond acceptors (Lipinski definition) is 4. The third-order valence-electron chi connectivity index (χ3n) is 7.62. The number of nitrogens with one attached hydrogen (secondary N) is 2. The number of nitrogens with zero attached hydrogens (tertiary/aromatic N) is 1. The summed E-state index contributed by atoms with van der Waals surface area (Å²) in [5, 5.41) is 14.6. The molecule has 1 aromatic heterocycles. The first-order valence-corrected chi connectivity index (χ1v) is 13.8. The number of fused-ring (bicyclic) bond motifs is 1. The molecular weight excluding hydrogens is 442 g/mol. The van der Waals surface area contributed by atoms with E-state index < -0.39 is 11.4 Å². The summed E-state index contributed by atoms with van der Waals surface area (Å²) in [5.41, 5.74) is 1.04. The molecule has 0 radical (unpaired) electrons. The van der Waals surface area contributed by atoms with E-state index in [1.807, 2.05) is 4.57 Å². The van der Waals surface area contributed by atoms with Crippen LogP contribution in [-0.4, -0.2) is 40.2 Å². The Morgan fingerprint density at radius 1 is 1.00 bits per heavy atom. The number of aliphatic hydroxyl groups excluding tert-OH is 1. The fourth-order valence-electron chi connectivity index (χ4n) is 5.46. The molecule has 0 unspecified atom stereocenters. The highest BCUT2D eigenvalue weighted by molar-refractivity contribution is 5.98. The highest BCUT2D eigenvalue weighted by Gasteiger charge is 2.31. The molecule has 0 aliphatic heterocycles. The quantitative estimate of drug-likeness (QED) is 0.436. The number of aryl methyl sites for hydroxylation is 1. The molecule has 0 saturated heterocycles. The fourth-order valence-corrected chi connectivity index (χ4v) is 5.46. The molecule has 196 valence electrons. The van der Waals surface area contributed by atoms with Crippen molar-refractivity contribution in [2.75, 3.05) is 13.2 Å². The van der Waals surface area contributed by atoms with Gasteiger partial charge in [0.2, 0.25) is 5.91 Å². The third-order valence-corrected chi connectivity index (χ3v) is 7.62. The van der Waals surface area contributed by atoms with Gasteiger partial charge in [-0.2, -0.15) is 0 Å². The Kier molecular flexibility index (Phi) is 10.4. The number of carbonyl (C=O) groups is 2. The Morgan fingerprint density at radius 2 is 1.69 bits per heavy atom. The zero-order chi connectivity index (χ0) is 25.3. The molecule has 0 bridgehead atoms. The van der Waals surface area contributed by atoms with E-state index in [9.17, 15) is 14.4 Å². The average Bonchev–Trinajstić information content (AvgIpc) is 2.81. The van der Waals surface area contributed by atoms with Crippen LogP contribution in [0.1, 0.15) is 113 Å². The normalized spacial score (nSPS) is 17.2. The van der Waals surface area contributed by atoms with Crippen LogP contribution in [0.2, 0.25) is 0 Å². The van der Waals surface area contributed by atoms with Gasteiger partial charge in [-0.3, -0.25) is 14.4 Å². The van der Waals surface area contributed by atoms with Crippen molar-refractivity contribution in [2.45, 2.75) is 116 Å². The average molecular weight is 488 g/mol. The summed E-state index contributed by atoms with van der Waals surface area (Å²) in [6.07, 6.45) is 14.6. The molecule has 2 amide bonds. The maximum Gasteiger partial charge on any atom is 0.263 e. The van der Waals surface area contributed by atoms with E-state index in [1.165, 1.54) is 32.1 Å². The summed E-state index contributed by atoms with van der Waals surface area (Å²) in [6.45, 7) is 4.67. The van der Waals surface area contributed by atoms with Crippen LogP contribution in [0, 0.1) is 5.92 Å². The molecule has 2 aliphatic carbocycles. The van der Waals surface area contributed by atoms with E-state index >= 15 is 0 Å². The van der Waals surface area contributed by atoms with Gasteiger partial charge in [0.15, 0.2) is 0 Å². The molecular formula is C28H45N3O4. The van der Waals surface area contributed by atoms with Gasteiger partial charge < -0.3 is 20.3 Å². The van der Waals surface area contributed by atoms with Gasteiger partial charge in [0.25, 0.3) is 11.5 Å². The Hall–Kier alpha value is -2.15. The van der Waals surface area contributed by atoms with E-state index in [4.69, 9.17) is 5.11 Å². The zero-order valence-electron chi connectivity index (χ0n) is 21.8. The molecule has 0 spiro atoms. The summed E-state index contributed by atoms with van der Waals surface area (Å²) in [4.78, 5) is 39.8. The van der Waals surface area contributed by atoms with Gasteiger partial charge in [-0.15, -0.1) is 0 Å². The molecule has 3 rings (SSSR count). The second-order valence-electron chi connectivity index (χ2n) is 11.0. The summed E-state index contributed by atoms with van der Waals surface area (Å²) < 4.78 is 1.92. The van der Waals surface area contributed by atoms with Crippen molar-refractivity contribution in [2.24, 2.45) is 5.92 Å². The maximum absolute atomic E-state index is 13.7. The molecule has 0 atom stereocenters.